The predicted octanol–water partition coefficient (Wildman–Crippen LogP) is 3.75. The molecular formula is C12H18O. The molecule has 0 bridgehead atoms. The zero-order valence-electron chi connectivity index (χ0n) is 8.92. The lowest BCUT2D eigenvalue weighted by Gasteiger charge is -2.06. The topological polar surface area (TPSA) is 9.23 Å². The normalized spacial score (nSPS) is 8.31. The zero-order valence-corrected chi connectivity index (χ0v) is 8.92. The third kappa shape index (κ3) is 3.32. The third-order valence-corrected chi connectivity index (χ3v) is 1.57. The van der Waals surface area contributed by atoms with E-state index in [0.29, 0.717) is 0 Å². The zero-order chi connectivity index (χ0) is 10.3. The SMILES string of the molecule is C=C(C)c1ccccc1OC.CC. The van der Waals surface area contributed by atoms with Gasteiger partial charge in [-0.3, -0.25) is 0 Å². The summed E-state index contributed by atoms with van der Waals surface area (Å²) in [7, 11) is 1.67. The van der Waals surface area contributed by atoms with Gasteiger partial charge >= 0.3 is 0 Å². The quantitative estimate of drug-likeness (QED) is 0.670. The maximum atomic E-state index is 5.15. The van der Waals surface area contributed by atoms with Gasteiger partial charge in [0.1, 0.15) is 5.75 Å². The fraction of sp³-hybridized carbons (Fsp3) is 0.333. The van der Waals surface area contributed by atoms with Crippen LogP contribution in [0.5, 0.6) is 5.75 Å². The molecule has 0 amide bonds. The van der Waals surface area contributed by atoms with Crippen LogP contribution < -0.4 is 4.74 Å². The molecule has 0 spiro atoms. The molecule has 0 saturated carbocycles. The predicted molar refractivity (Wildman–Crippen MR) is 59.1 cm³/mol. The first kappa shape index (κ1) is 11.8. The van der Waals surface area contributed by atoms with Crippen LogP contribution >= 0.6 is 0 Å². The van der Waals surface area contributed by atoms with Crippen LogP contribution in [0.2, 0.25) is 0 Å². The lowest BCUT2D eigenvalue weighted by molar-refractivity contribution is 0.413. The van der Waals surface area contributed by atoms with Crippen molar-refractivity contribution in [2.24, 2.45) is 0 Å². The Morgan fingerprint density at radius 3 is 2.15 bits per heavy atom. The third-order valence-electron chi connectivity index (χ3n) is 1.57. The second kappa shape index (κ2) is 6.30. The van der Waals surface area contributed by atoms with Crippen molar-refractivity contribution in [3.05, 3.63) is 36.4 Å². The van der Waals surface area contributed by atoms with Crippen LogP contribution in [0.4, 0.5) is 0 Å². The van der Waals surface area contributed by atoms with Crippen molar-refractivity contribution in [3.8, 4) is 5.75 Å². The van der Waals surface area contributed by atoms with Crippen molar-refractivity contribution < 1.29 is 4.74 Å². The first-order valence-corrected chi connectivity index (χ1v) is 4.54. The van der Waals surface area contributed by atoms with E-state index >= 15 is 0 Å². The number of hydrogen-bond acceptors (Lipinski definition) is 1. The molecular weight excluding hydrogens is 160 g/mol. The van der Waals surface area contributed by atoms with Gasteiger partial charge in [-0.2, -0.15) is 0 Å². The highest BCUT2D eigenvalue weighted by atomic mass is 16.5. The summed E-state index contributed by atoms with van der Waals surface area (Å²) in [5.41, 5.74) is 2.11. The molecule has 1 nitrogen and oxygen atoms in total. The Morgan fingerprint density at radius 2 is 1.77 bits per heavy atom. The second-order valence-corrected chi connectivity index (χ2v) is 2.48. The minimum atomic E-state index is 0.889. The van der Waals surface area contributed by atoms with E-state index in [0.717, 1.165) is 16.9 Å². The summed E-state index contributed by atoms with van der Waals surface area (Å²) in [6.07, 6.45) is 0. The average Bonchev–Trinajstić information content (AvgIpc) is 2.20. The van der Waals surface area contributed by atoms with E-state index in [1.807, 2.05) is 45.0 Å². The largest absolute Gasteiger partial charge is 0.496 e. The molecule has 13 heavy (non-hydrogen) atoms. The number of rotatable bonds is 2. The van der Waals surface area contributed by atoms with E-state index in [1.54, 1.807) is 7.11 Å². The molecule has 0 atom stereocenters. The van der Waals surface area contributed by atoms with Gasteiger partial charge in [0.05, 0.1) is 7.11 Å². The Bertz CT molecular complexity index is 264. The maximum Gasteiger partial charge on any atom is 0.126 e. The van der Waals surface area contributed by atoms with Gasteiger partial charge in [0, 0.05) is 5.56 Å². The van der Waals surface area contributed by atoms with Crippen molar-refractivity contribution in [3.63, 3.8) is 0 Å². The smallest absolute Gasteiger partial charge is 0.126 e. The van der Waals surface area contributed by atoms with Crippen molar-refractivity contribution in [1.82, 2.24) is 0 Å². The summed E-state index contributed by atoms with van der Waals surface area (Å²) in [6.45, 7) is 9.82. The van der Waals surface area contributed by atoms with Crippen LogP contribution in [-0.4, -0.2) is 7.11 Å². The second-order valence-electron chi connectivity index (χ2n) is 2.48. The fourth-order valence-corrected chi connectivity index (χ4v) is 0.997. The van der Waals surface area contributed by atoms with E-state index in [4.69, 9.17) is 4.74 Å². The summed E-state index contributed by atoms with van der Waals surface area (Å²) >= 11 is 0. The van der Waals surface area contributed by atoms with Crippen molar-refractivity contribution in [1.29, 1.82) is 0 Å². The van der Waals surface area contributed by atoms with Crippen LogP contribution in [0.3, 0.4) is 0 Å². The average molecular weight is 178 g/mol. The maximum absolute atomic E-state index is 5.15. The Kier molecular flexibility index (Phi) is 5.69. The molecule has 72 valence electrons. The van der Waals surface area contributed by atoms with Gasteiger partial charge in [-0.25, -0.2) is 0 Å². The van der Waals surface area contributed by atoms with Crippen molar-refractivity contribution in [2.75, 3.05) is 7.11 Å². The minimum Gasteiger partial charge on any atom is -0.496 e. The molecule has 0 saturated heterocycles. The highest BCUT2D eigenvalue weighted by Gasteiger charge is 1.99. The summed E-state index contributed by atoms with van der Waals surface area (Å²) in [6, 6.07) is 7.86. The van der Waals surface area contributed by atoms with Crippen LogP contribution in [0, 0.1) is 0 Å². The van der Waals surface area contributed by atoms with E-state index in [2.05, 4.69) is 6.58 Å². The van der Waals surface area contributed by atoms with Crippen LogP contribution in [-0.2, 0) is 0 Å². The van der Waals surface area contributed by atoms with Gasteiger partial charge in [-0.05, 0) is 18.6 Å². The molecule has 0 radical (unpaired) electrons. The molecule has 0 aliphatic rings. The van der Waals surface area contributed by atoms with Gasteiger partial charge in [-0.15, -0.1) is 0 Å². The Labute approximate surface area is 81.1 Å². The highest BCUT2D eigenvalue weighted by Crippen LogP contribution is 2.23. The summed E-state index contributed by atoms with van der Waals surface area (Å²) in [4.78, 5) is 0. The monoisotopic (exact) mass is 178 g/mol. The summed E-state index contributed by atoms with van der Waals surface area (Å²) in [5, 5.41) is 0. The minimum absolute atomic E-state index is 0.889. The van der Waals surface area contributed by atoms with Crippen LogP contribution in [0.25, 0.3) is 5.57 Å². The molecule has 0 aromatic heterocycles. The number of benzene rings is 1. The number of allylic oxidation sites excluding steroid dienone is 1. The van der Waals surface area contributed by atoms with E-state index in [1.165, 1.54) is 0 Å². The van der Waals surface area contributed by atoms with Gasteiger partial charge in [0.2, 0.25) is 0 Å². The van der Waals surface area contributed by atoms with E-state index in [9.17, 15) is 0 Å². The van der Waals surface area contributed by atoms with Gasteiger partial charge < -0.3 is 4.74 Å². The molecule has 0 fully saturated rings. The Morgan fingerprint density at radius 1 is 1.23 bits per heavy atom. The molecule has 1 heteroatoms. The number of methoxy groups -OCH3 is 1. The van der Waals surface area contributed by atoms with Crippen molar-refractivity contribution >= 4 is 5.57 Å². The van der Waals surface area contributed by atoms with Gasteiger partial charge in [0.15, 0.2) is 0 Å². The number of ether oxygens (including phenoxy) is 1. The molecule has 1 rings (SSSR count). The lowest BCUT2D eigenvalue weighted by Crippen LogP contribution is -1.87. The highest BCUT2D eigenvalue weighted by molar-refractivity contribution is 5.66. The molecule has 0 unspecified atom stereocenters. The van der Waals surface area contributed by atoms with E-state index < -0.39 is 0 Å². The molecule has 1 aromatic carbocycles. The standard InChI is InChI=1S/C10H12O.C2H6/c1-8(2)9-6-4-5-7-10(9)11-3;1-2/h4-7H,1H2,2-3H3;1-2H3. The summed E-state index contributed by atoms with van der Waals surface area (Å²) in [5.74, 6) is 0.889. The molecule has 0 heterocycles. The molecule has 0 N–H and O–H groups in total. The van der Waals surface area contributed by atoms with Gasteiger partial charge in [0.25, 0.3) is 0 Å². The van der Waals surface area contributed by atoms with Crippen LogP contribution in [0.15, 0.2) is 30.8 Å². The first-order chi connectivity index (χ1) is 6.25. The van der Waals surface area contributed by atoms with E-state index in [-0.39, 0.29) is 0 Å². The first-order valence-electron chi connectivity index (χ1n) is 4.54. The molecule has 0 aliphatic carbocycles. The van der Waals surface area contributed by atoms with Crippen molar-refractivity contribution in [2.45, 2.75) is 20.8 Å². The van der Waals surface area contributed by atoms with Crippen LogP contribution in [0.1, 0.15) is 26.3 Å². The van der Waals surface area contributed by atoms with Gasteiger partial charge in [-0.1, -0.05) is 38.6 Å². The Hall–Kier alpha value is -1.24. The summed E-state index contributed by atoms with van der Waals surface area (Å²) < 4.78 is 5.15. The molecule has 1 aromatic rings. The fourth-order valence-electron chi connectivity index (χ4n) is 0.997. The lowest BCUT2D eigenvalue weighted by atomic mass is 10.1. The Balaban J connectivity index is 0.000000671. The number of hydrogen-bond donors (Lipinski definition) is 0. The number of para-hydroxylation sites is 1. The molecule has 0 aliphatic heterocycles.